The second kappa shape index (κ2) is 8.39. The molecule has 0 bridgehead atoms. The third kappa shape index (κ3) is 5.45. The van der Waals surface area contributed by atoms with E-state index in [4.69, 9.17) is 0 Å². The van der Waals surface area contributed by atoms with Crippen molar-refractivity contribution in [2.75, 3.05) is 17.6 Å². The van der Waals surface area contributed by atoms with Crippen LogP contribution in [0.1, 0.15) is 11.1 Å². The van der Waals surface area contributed by atoms with Crippen LogP contribution in [0.15, 0.2) is 53.4 Å². The van der Waals surface area contributed by atoms with Gasteiger partial charge in [0.05, 0.1) is 12.3 Å². The van der Waals surface area contributed by atoms with Crippen molar-refractivity contribution >= 4 is 29.3 Å². The Labute approximate surface area is 140 Å². The topological polar surface area (TPSA) is 58.2 Å². The number of anilines is 1. The van der Waals surface area contributed by atoms with Crippen LogP contribution in [0.3, 0.4) is 0 Å². The fourth-order valence-electron chi connectivity index (χ4n) is 2.09. The molecule has 5 heteroatoms. The van der Waals surface area contributed by atoms with Crippen molar-refractivity contribution in [3.63, 3.8) is 0 Å². The second-order valence-electron chi connectivity index (χ2n) is 5.19. The summed E-state index contributed by atoms with van der Waals surface area (Å²) < 4.78 is 0. The predicted octanol–water partition coefficient (Wildman–Crippen LogP) is 3.15. The summed E-state index contributed by atoms with van der Waals surface area (Å²) >= 11 is 1.45. The molecule has 2 amide bonds. The molecule has 2 N–H and O–H groups in total. The van der Waals surface area contributed by atoms with E-state index >= 15 is 0 Å². The maximum absolute atomic E-state index is 12.0. The van der Waals surface area contributed by atoms with Crippen LogP contribution in [-0.4, -0.2) is 24.1 Å². The minimum absolute atomic E-state index is 0.0258. The first-order valence-corrected chi connectivity index (χ1v) is 8.35. The first-order valence-electron chi connectivity index (χ1n) is 7.37. The molecule has 2 rings (SSSR count). The maximum atomic E-state index is 12.0. The van der Waals surface area contributed by atoms with Gasteiger partial charge in [-0.05, 0) is 37.1 Å². The summed E-state index contributed by atoms with van der Waals surface area (Å²) in [6, 6.07) is 15.5. The average molecular weight is 328 g/mol. The normalized spacial score (nSPS) is 10.2. The van der Waals surface area contributed by atoms with Crippen molar-refractivity contribution in [2.24, 2.45) is 0 Å². The van der Waals surface area contributed by atoms with Gasteiger partial charge in [-0.3, -0.25) is 9.59 Å². The molecule has 0 unspecified atom stereocenters. The van der Waals surface area contributed by atoms with Crippen molar-refractivity contribution in [3.05, 3.63) is 59.7 Å². The van der Waals surface area contributed by atoms with Gasteiger partial charge < -0.3 is 10.6 Å². The second-order valence-corrected chi connectivity index (χ2v) is 6.24. The van der Waals surface area contributed by atoms with Crippen molar-refractivity contribution in [3.8, 4) is 0 Å². The van der Waals surface area contributed by atoms with Gasteiger partial charge in [0.15, 0.2) is 0 Å². The van der Waals surface area contributed by atoms with E-state index in [0.717, 1.165) is 21.7 Å². The number of rotatable bonds is 6. The number of carbonyl (C=O) groups excluding carboxylic acids is 2. The van der Waals surface area contributed by atoms with E-state index in [-0.39, 0.29) is 18.4 Å². The van der Waals surface area contributed by atoms with E-state index in [1.54, 1.807) is 0 Å². The maximum Gasteiger partial charge on any atom is 0.243 e. The molecule has 0 aromatic heterocycles. The number of hydrogen-bond donors (Lipinski definition) is 2. The number of aryl methyl sites for hydroxylation is 2. The fourth-order valence-corrected chi connectivity index (χ4v) is 2.84. The lowest BCUT2D eigenvalue weighted by Gasteiger charge is -2.11. The summed E-state index contributed by atoms with van der Waals surface area (Å²) in [5.41, 5.74) is 2.82. The number of nitrogens with one attached hydrogen (secondary N) is 2. The Balaban J connectivity index is 1.77. The Kier molecular flexibility index (Phi) is 6.23. The van der Waals surface area contributed by atoms with Crippen LogP contribution >= 0.6 is 11.8 Å². The summed E-state index contributed by atoms with van der Waals surface area (Å²) in [4.78, 5) is 24.8. The van der Waals surface area contributed by atoms with Crippen LogP contribution in [0.2, 0.25) is 0 Å². The Morgan fingerprint density at radius 3 is 2.22 bits per heavy atom. The summed E-state index contributed by atoms with van der Waals surface area (Å²) in [5.74, 6) is -0.0864. The van der Waals surface area contributed by atoms with Gasteiger partial charge in [-0.2, -0.15) is 0 Å². The minimum atomic E-state index is -0.222. The molecule has 0 saturated heterocycles. The number of amides is 2. The molecule has 0 aliphatic heterocycles. The van der Waals surface area contributed by atoms with E-state index < -0.39 is 0 Å². The van der Waals surface area contributed by atoms with Gasteiger partial charge in [0.2, 0.25) is 11.8 Å². The molecule has 0 radical (unpaired) electrons. The molecule has 0 atom stereocenters. The number of carbonyl (C=O) groups is 2. The molecule has 0 fully saturated rings. The van der Waals surface area contributed by atoms with Crippen molar-refractivity contribution < 1.29 is 9.59 Å². The molecule has 0 aliphatic rings. The smallest absolute Gasteiger partial charge is 0.243 e. The quantitative estimate of drug-likeness (QED) is 0.801. The molecular weight excluding hydrogens is 308 g/mol. The lowest BCUT2D eigenvalue weighted by atomic mass is 10.1. The lowest BCUT2D eigenvalue weighted by molar-refractivity contribution is -0.122. The van der Waals surface area contributed by atoms with Crippen LogP contribution in [0, 0.1) is 13.8 Å². The molecular formula is C18H20N2O2S. The van der Waals surface area contributed by atoms with Gasteiger partial charge in [-0.1, -0.05) is 36.4 Å². The largest absolute Gasteiger partial charge is 0.346 e. The van der Waals surface area contributed by atoms with Gasteiger partial charge >= 0.3 is 0 Å². The van der Waals surface area contributed by atoms with E-state index in [2.05, 4.69) is 10.6 Å². The summed E-state index contributed by atoms with van der Waals surface area (Å²) in [7, 11) is 0. The molecule has 23 heavy (non-hydrogen) atoms. The van der Waals surface area contributed by atoms with Crippen LogP contribution in [0.4, 0.5) is 5.69 Å². The van der Waals surface area contributed by atoms with Gasteiger partial charge in [0, 0.05) is 10.6 Å². The Morgan fingerprint density at radius 2 is 1.57 bits per heavy atom. The highest BCUT2D eigenvalue weighted by Gasteiger charge is 2.09. The standard InChI is InChI=1S/C18H20N2O2S/c1-13-7-6-8-14(2)18(13)20-16(21)11-19-17(22)12-23-15-9-4-3-5-10-15/h3-10H,11-12H2,1-2H3,(H,19,22)(H,20,21). The van der Waals surface area contributed by atoms with Crippen molar-refractivity contribution in [2.45, 2.75) is 18.7 Å². The third-order valence-corrected chi connectivity index (χ3v) is 4.32. The van der Waals surface area contributed by atoms with Crippen LogP contribution in [0.25, 0.3) is 0 Å². The number of hydrogen-bond acceptors (Lipinski definition) is 3. The highest BCUT2D eigenvalue weighted by Crippen LogP contribution is 2.19. The Hall–Kier alpha value is -2.27. The molecule has 2 aromatic carbocycles. The SMILES string of the molecule is Cc1cccc(C)c1NC(=O)CNC(=O)CSc1ccccc1. The minimum Gasteiger partial charge on any atom is -0.346 e. The van der Waals surface area contributed by atoms with Gasteiger partial charge in [0.25, 0.3) is 0 Å². The predicted molar refractivity (Wildman–Crippen MR) is 94.7 cm³/mol. The third-order valence-electron chi connectivity index (χ3n) is 3.30. The van der Waals surface area contributed by atoms with Gasteiger partial charge in [-0.15, -0.1) is 11.8 Å². The zero-order chi connectivity index (χ0) is 16.7. The number of thioether (sulfide) groups is 1. The van der Waals surface area contributed by atoms with E-state index in [1.165, 1.54) is 11.8 Å². The summed E-state index contributed by atoms with van der Waals surface area (Å²) in [6.45, 7) is 3.86. The van der Waals surface area contributed by atoms with E-state index in [0.29, 0.717) is 5.75 Å². The molecule has 0 saturated carbocycles. The lowest BCUT2D eigenvalue weighted by Crippen LogP contribution is -2.34. The van der Waals surface area contributed by atoms with Crippen LogP contribution in [-0.2, 0) is 9.59 Å². The van der Waals surface area contributed by atoms with Crippen LogP contribution < -0.4 is 10.6 Å². The fraction of sp³-hybridized carbons (Fsp3) is 0.222. The first-order chi connectivity index (χ1) is 11.1. The number of benzene rings is 2. The van der Waals surface area contributed by atoms with E-state index in [1.807, 2.05) is 62.4 Å². The monoisotopic (exact) mass is 328 g/mol. The Bertz CT molecular complexity index is 666. The van der Waals surface area contributed by atoms with E-state index in [9.17, 15) is 9.59 Å². The zero-order valence-electron chi connectivity index (χ0n) is 13.3. The molecule has 120 valence electrons. The Morgan fingerprint density at radius 1 is 0.913 bits per heavy atom. The average Bonchev–Trinajstić information content (AvgIpc) is 2.55. The van der Waals surface area contributed by atoms with Crippen LogP contribution in [0.5, 0.6) is 0 Å². The summed E-state index contributed by atoms with van der Waals surface area (Å²) in [5, 5.41) is 5.49. The van der Waals surface area contributed by atoms with Crippen molar-refractivity contribution in [1.29, 1.82) is 0 Å². The highest BCUT2D eigenvalue weighted by atomic mass is 32.2. The highest BCUT2D eigenvalue weighted by molar-refractivity contribution is 8.00. The van der Waals surface area contributed by atoms with Gasteiger partial charge in [-0.25, -0.2) is 0 Å². The molecule has 0 heterocycles. The van der Waals surface area contributed by atoms with Gasteiger partial charge in [0.1, 0.15) is 0 Å². The molecule has 4 nitrogen and oxygen atoms in total. The first kappa shape index (κ1) is 17.1. The molecule has 0 aliphatic carbocycles. The summed E-state index contributed by atoms with van der Waals surface area (Å²) in [6.07, 6.45) is 0. The number of para-hydroxylation sites is 1. The van der Waals surface area contributed by atoms with Crippen molar-refractivity contribution in [1.82, 2.24) is 5.32 Å². The zero-order valence-corrected chi connectivity index (χ0v) is 14.1. The molecule has 0 spiro atoms. The molecule has 2 aromatic rings.